The van der Waals surface area contributed by atoms with E-state index in [0.717, 1.165) is 18.4 Å². The molecule has 0 fully saturated rings. The van der Waals surface area contributed by atoms with E-state index >= 15 is 0 Å². The minimum absolute atomic E-state index is 0.0715. The van der Waals surface area contributed by atoms with Gasteiger partial charge in [0.05, 0.1) is 11.4 Å². The molecule has 0 radical (unpaired) electrons. The zero-order chi connectivity index (χ0) is 12.7. The molecule has 0 unspecified atom stereocenters. The molecule has 0 N–H and O–H groups in total. The summed E-state index contributed by atoms with van der Waals surface area (Å²) in [6, 6.07) is 9.81. The summed E-state index contributed by atoms with van der Waals surface area (Å²) in [5, 5.41) is 0. The number of alkyl halides is 2. The van der Waals surface area contributed by atoms with Crippen LogP contribution in [-0.4, -0.2) is 17.4 Å². The van der Waals surface area contributed by atoms with E-state index in [0.29, 0.717) is 6.61 Å². The van der Waals surface area contributed by atoms with Gasteiger partial charge in [-0.3, -0.25) is 4.79 Å². The molecule has 94 valence electrons. The number of hydrogen-bond acceptors (Lipinski definition) is 2. The summed E-state index contributed by atoms with van der Waals surface area (Å²) in [5.74, 6) is -0.218. The predicted octanol–water partition coefficient (Wildman–Crippen LogP) is 4.23. The maximum Gasteiger partial charge on any atom is 0.321 e. The molecule has 0 spiro atoms. The predicted molar refractivity (Wildman–Crippen MR) is 76.7 cm³/mol. The van der Waals surface area contributed by atoms with Crippen molar-refractivity contribution in [2.75, 3.05) is 6.61 Å². The van der Waals surface area contributed by atoms with Gasteiger partial charge in [0, 0.05) is 0 Å². The van der Waals surface area contributed by atoms with E-state index < -0.39 is 0 Å². The van der Waals surface area contributed by atoms with Crippen LogP contribution in [0.15, 0.2) is 30.3 Å². The van der Waals surface area contributed by atoms with E-state index in [4.69, 9.17) is 4.74 Å². The van der Waals surface area contributed by atoms with Gasteiger partial charge in [-0.1, -0.05) is 75.5 Å². The van der Waals surface area contributed by atoms with Crippen molar-refractivity contribution in [3.8, 4) is 0 Å². The first-order chi connectivity index (χ1) is 8.16. The van der Waals surface area contributed by atoms with Crippen LogP contribution in [0.1, 0.15) is 30.2 Å². The Hall–Kier alpha value is -0.350. The fraction of sp³-hybridized carbons (Fsp3) is 0.462. The van der Waals surface area contributed by atoms with Gasteiger partial charge in [0.25, 0.3) is 0 Å². The molecule has 0 aliphatic heterocycles. The number of ether oxygens (including phenoxy) is 1. The summed E-state index contributed by atoms with van der Waals surface area (Å²) in [6.45, 7) is 2.56. The first-order valence-corrected chi connectivity index (χ1v) is 7.49. The molecule has 0 bridgehead atoms. The second-order valence-electron chi connectivity index (χ2n) is 3.74. The number of esters is 1. The van der Waals surface area contributed by atoms with Gasteiger partial charge in [-0.2, -0.15) is 0 Å². The second-order valence-corrected chi connectivity index (χ2v) is 5.71. The van der Waals surface area contributed by atoms with Crippen LogP contribution in [0.3, 0.4) is 0 Å². The molecule has 0 heterocycles. The molecule has 17 heavy (non-hydrogen) atoms. The highest BCUT2D eigenvalue weighted by Crippen LogP contribution is 2.31. The number of rotatable bonds is 6. The first kappa shape index (κ1) is 14.7. The van der Waals surface area contributed by atoms with Crippen LogP contribution in [0.2, 0.25) is 0 Å². The lowest BCUT2D eigenvalue weighted by molar-refractivity contribution is -0.142. The van der Waals surface area contributed by atoms with Crippen molar-refractivity contribution in [1.29, 1.82) is 0 Å². The Balaban J connectivity index is 2.51. The number of halogens is 2. The van der Waals surface area contributed by atoms with Crippen molar-refractivity contribution in [1.82, 2.24) is 0 Å². The molecule has 0 saturated heterocycles. The van der Waals surface area contributed by atoms with E-state index in [-0.39, 0.29) is 15.6 Å². The molecule has 0 aliphatic rings. The number of hydrogen-bond donors (Lipinski definition) is 0. The highest BCUT2D eigenvalue weighted by molar-refractivity contribution is 9.12. The Labute approximate surface area is 119 Å². The van der Waals surface area contributed by atoms with Crippen molar-refractivity contribution in [3.63, 3.8) is 0 Å². The SMILES string of the molecule is CCCCOC(=O)[C@@H](Br)[C@H](Br)c1ccccc1. The fourth-order valence-corrected chi connectivity index (χ4v) is 2.28. The van der Waals surface area contributed by atoms with Gasteiger partial charge in [-0.05, 0) is 12.0 Å². The Bertz CT molecular complexity index is 341. The van der Waals surface area contributed by atoms with E-state index in [2.05, 4.69) is 38.8 Å². The maximum absolute atomic E-state index is 11.7. The van der Waals surface area contributed by atoms with Gasteiger partial charge < -0.3 is 4.74 Å². The first-order valence-electron chi connectivity index (χ1n) is 5.66. The number of benzene rings is 1. The van der Waals surface area contributed by atoms with Crippen LogP contribution in [-0.2, 0) is 9.53 Å². The molecule has 2 nitrogen and oxygen atoms in total. The third-order valence-electron chi connectivity index (χ3n) is 2.34. The van der Waals surface area contributed by atoms with Crippen LogP contribution in [0.5, 0.6) is 0 Å². The molecular formula is C13H16Br2O2. The van der Waals surface area contributed by atoms with Gasteiger partial charge in [0.15, 0.2) is 0 Å². The van der Waals surface area contributed by atoms with E-state index in [1.165, 1.54) is 0 Å². The summed E-state index contributed by atoms with van der Waals surface area (Å²) in [6.07, 6.45) is 1.93. The Morgan fingerprint density at radius 1 is 1.29 bits per heavy atom. The normalized spacial score (nSPS) is 14.1. The summed E-state index contributed by atoms with van der Waals surface area (Å²) < 4.78 is 5.17. The van der Waals surface area contributed by atoms with Gasteiger partial charge in [0.2, 0.25) is 0 Å². The number of carbonyl (C=O) groups excluding carboxylic acids is 1. The highest BCUT2D eigenvalue weighted by Gasteiger charge is 2.26. The van der Waals surface area contributed by atoms with E-state index in [1.807, 2.05) is 30.3 Å². The molecule has 1 aromatic rings. The van der Waals surface area contributed by atoms with Crippen LogP contribution in [0.25, 0.3) is 0 Å². The van der Waals surface area contributed by atoms with Gasteiger partial charge in [0.1, 0.15) is 4.83 Å². The van der Waals surface area contributed by atoms with E-state index in [9.17, 15) is 4.79 Å². The van der Waals surface area contributed by atoms with Crippen LogP contribution in [0, 0.1) is 0 Å². The molecule has 0 aromatic heterocycles. The van der Waals surface area contributed by atoms with Gasteiger partial charge >= 0.3 is 5.97 Å². The average molecular weight is 364 g/mol. The molecule has 0 saturated carbocycles. The minimum atomic E-state index is -0.359. The zero-order valence-electron chi connectivity index (χ0n) is 9.74. The molecule has 0 amide bonds. The van der Waals surface area contributed by atoms with Crippen molar-refractivity contribution in [2.45, 2.75) is 29.4 Å². The third-order valence-corrected chi connectivity index (χ3v) is 5.01. The van der Waals surface area contributed by atoms with Crippen molar-refractivity contribution in [2.24, 2.45) is 0 Å². The molecule has 0 aliphatic carbocycles. The molecular weight excluding hydrogens is 348 g/mol. The summed E-state index contributed by atoms with van der Waals surface area (Å²) in [4.78, 5) is 11.3. The van der Waals surface area contributed by atoms with Crippen molar-refractivity contribution >= 4 is 37.8 Å². The van der Waals surface area contributed by atoms with Crippen LogP contribution >= 0.6 is 31.9 Å². The molecule has 1 rings (SSSR count). The van der Waals surface area contributed by atoms with Crippen LogP contribution < -0.4 is 0 Å². The zero-order valence-corrected chi connectivity index (χ0v) is 12.9. The largest absolute Gasteiger partial charge is 0.465 e. The smallest absolute Gasteiger partial charge is 0.321 e. The summed E-state index contributed by atoms with van der Waals surface area (Å²) in [5.41, 5.74) is 1.06. The number of unbranched alkanes of at least 4 members (excludes halogenated alkanes) is 1. The van der Waals surface area contributed by atoms with E-state index in [1.54, 1.807) is 0 Å². The summed E-state index contributed by atoms with van der Waals surface area (Å²) in [7, 11) is 0. The molecule has 2 atom stereocenters. The molecule has 1 aromatic carbocycles. The monoisotopic (exact) mass is 362 g/mol. The Morgan fingerprint density at radius 2 is 1.94 bits per heavy atom. The van der Waals surface area contributed by atoms with Crippen molar-refractivity contribution in [3.05, 3.63) is 35.9 Å². The Morgan fingerprint density at radius 3 is 2.53 bits per heavy atom. The standard InChI is InChI=1S/C13H16Br2O2/c1-2-3-9-17-13(16)12(15)11(14)10-7-5-4-6-8-10/h4-8,11-12H,2-3,9H2,1H3/t11-,12+/m1/s1. The second kappa shape index (κ2) is 7.88. The van der Waals surface area contributed by atoms with Crippen molar-refractivity contribution < 1.29 is 9.53 Å². The minimum Gasteiger partial charge on any atom is -0.465 e. The topological polar surface area (TPSA) is 26.3 Å². The lowest BCUT2D eigenvalue weighted by Gasteiger charge is -2.16. The maximum atomic E-state index is 11.7. The lowest BCUT2D eigenvalue weighted by atomic mass is 10.1. The van der Waals surface area contributed by atoms with Gasteiger partial charge in [-0.15, -0.1) is 0 Å². The highest BCUT2D eigenvalue weighted by atomic mass is 79.9. The molecule has 4 heteroatoms. The van der Waals surface area contributed by atoms with Gasteiger partial charge in [-0.25, -0.2) is 0 Å². The lowest BCUT2D eigenvalue weighted by Crippen LogP contribution is -2.22. The third kappa shape index (κ3) is 4.80. The quantitative estimate of drug-likeness (QED) is 0.429. The van der Waals surface area contributed by atoms with Crippen LogP contribution in [0.4, 0.5) is 0 Å². The Kier molecular flexibility index (Phi) is 6.82. The summed E-state index contributed by atoms with van der Waals surface area (Å²) >= 11 is 6.89. The average Bonchev–Trinajstić information content (AvgIpc) is 2.38. The fourth-order valence-electron chi connectivity index (χ4n) is 1.32. The number of carbonyl (C=O) groups is 1.